The van der Waals surface area contributed by atoms with Crippen molar-refractivity contribution in [3.8, 4) is 11.5 Å². The van der Waals surface area contributed by atoms with Crippen molar-refractivity contribution in [2.75, 3.05) is 0 Å². The second kappa shape index (κ2) is 15.3. The molecule has 0 atom stereocenters. The molecule has 2 aromatic carbocycles. The third-order valence-corrected chi connectivity index (χ3v) is 6.56. The van der Waals surface area contributed by atoms with Crippen LogP contribution in [0.5, 0.6) is 11.5 Å². The molecule has 2 rings (SSSR count). The fourth-order valence-electron chi connectivity index (χ4n) is 4.42. The maximum atomic E-state index is 13.8. The zero-order valence-electron chi connectivity index (χ0n) is 22.0. The van der Waals surface area contributed by atoms with Gasteiger partial charge in [-0.15, -0.1) is 0 Å². The summed E-state index contributed by atoms with van der Waals surface area (Å²) in [7, 11) is 0. The van der Waals surface area contributed by atoms with Gasteiger partial charge >= 0.3 is 12.4 Å². The fourth-order valence-corrected chi connectivity index (χ4v) is 4.42. The van der Waals surface area contributed by atoms with E-state index in [0.717, 1.165) is 101 Å². The average molecular weight is 531 g/mol. The van der Waals surface area contributed by atoms with Gasteiger partial charge < -0.3 is 4.74 Å². The maximum absolute atomic E-state index is 13.8. The molecule has 208 valence electrons. The van der Waals surface area contributed by atoms with Crippen LogP contribution in [0, 0.1) is 0 Å². The number of aryl methyl sites for hydroxylation is 2. The van der Waals surface area contributed by atoms with Crippen LogP contribution in [0.3, 0.4) is 0 Å². The van der Waals surface area contributed by atoms with Crippen molar-refractivity contribution in [3.05, 3.63) is 58.7 Å². The lowest BCUT2D eigenvalue weighted by molar-refractivity contribution is -0.139. The number of halogens is 6. The Balaban J connectivity index is 2.16. The number of hydrogen-bond donors (Lipinski definition) is 0. The molecule has 0 unspecified atom stereocenters. The van der Waals surface area contributed by atoms with Crippen LogP contribution >= 0.6 is 0 Å². The number of ether oxygens (including phenoxy) is 1. The molecule has 0 aromatic heterocycles. The van der Waals surface area contributed by atoms with Crippen molar-refractivity contribution in [1.82, 2.24) is 0 Å². The summed E-state index contributed by atoms with van der Waals surface area (Å²) in [5.74, 6) is -1.23. The summed E-state index contributed by atoms with van der Waals surface area (Å²) in [4.78, 5) is 0. The van der Waals surface area contributed by atoms with Crippen molar-refractivity contribution < 1.29 is 31.1 Å². The third kappa shape index (κ3) is 11.0. The molecule has 0 heterocycles. The molecule has 0 aliphatic carbocycles. The predicted molar refractivity (Wildman–Crippen MR) is 137 cm³/mol. The zero-order chi connectivity index (χ0) is 27.3. The normalized spacial score (nSPS) is 12.2. The van der Waals surface area contributed by atoms with Crippen molar-refractivity contribution >= 4 is 0 Å². The molecule has 0 amide bonds. The van der Waals surface area contributed by atoms with Crippen LogP contribution in [-0.4, -0.2) is 0 Å². The van der Waals surface area contributed by atoms with Crippen LogP contribution in [0.4, 0.5) is 26.3 Å². The van der Waals surface area contributed by atoms with Gasteiger partial charge in [0.15, 0.2) is 0 Å². The molecule has 0 saturated carbocycles. The van der Waals surface area contributed by atoms with E-state index < -0.39 is 35.0 Å². The largest absolute Gasteiger partial charge is 0.456 e. The van der Waals surface area contributed by atoms with Gasteiger partial charge in [0, 0.05) is 0 Å². The molecule has 0 N–H and O–H groups in total. The molecule has 0 saturated heterocycles. The first kappa shape index (κ1) is 31.0. The predicted octanol–water partition coefficient (Wildman–Crippen LogP) is 11.3. The SMILES string of the molecule is CCCCCCCCc1ccc(Oc2ccc(CCCCCCCC)cc2C(F)(F)F)c(C(F)(F)F)c1. The molecule has 7 heteroatoms. The van der Waals surface area contributed by atoms with E-state index in [-0.39, 0.29) is 0 Å². The van der Waals surface area contributed by atoms with Crippen molar-refractivity contribution in [1.29, 1.82) is 0 Å². The molecule has 0 aliphatic rings. The van der Waals surface area contributed by atoms with Gasteiger partial charge in [-0.3, -0.25) is 0 Å². The molecule has 37 heavy (non-hydrogen) atoms. The molecule has 0 radical (unpaired) electrons. The molecular weight excluding hydrogens is 490 g/mol. The monoisotopic (exact) mass is 530 g/mol. The zero-order valence-corrected chi connectivity index (χ0v) is 22.0. The Kier molecular flexibility index (Phi) is 12.8. The molecule has 0 fully saturated rings. The van der Waals surface area contributed by atoms with Gasteiger partial charge in [0.1, 0.15) is 11.5 Å². The number of hydrogen-bond acceptors (Lipinski definition) is 1. The molecule has 0 spiro atoms. The van der Waals surface area contributed by atoms with Gasteiger partial charge in [-0.1, -0.05) is 90.2 Å². The van der Waals surface area contributed by atoms with E-state index in [4.69, 9.17) is 4.74 Å². The lowest BCUT2D eigenvalue weighted by atomic mass is 10.0. The van der Waals surface area contributed by atoms with Crippen molar-refractivity contribution in [2.45, 2.75) is 116 Å². The highest BCUT2D eigenvalue weighted by atomic mass is 19.4. The molecule has 0 aliphatic heterocycles. The lowest BCUT2D eigenvalue weighted by Gasteiger charge is -2.19. The summed E-state index contributed by atoms with van der Waals surface area (Å²) in [5.41, 5.74) is -1.11. The average Bonchev–Trinajstić information content (AvgIpc) is 2.83. The highest BCUT2D eigenvalue weighted by Gasteiger charge is 2.37. The Labute approximate surface area is 217 Å². The number of alkyl halides is 6. The smallest absolute Gasteiger partial charge is 0.419 e. The first-order chi connectivity index (χ1) is 17.6. The summed E-state index contributed by atoms with van der Waals surface area (Å²) in [6.07, 6.45) is 3.67. The van der Waals surface area contributed by atoms with Gasteiger partial charge in [0.05, 0.1) is 11.1 Å². The Bertz CT molecular complexity index is 857. The summed E-state index contributed by atoms with van der Waals surface area (Å²) in [6.45, 7) is 4.23. The number of rotatable bonds is 16. The van der Waals surface area contributed by atoms with Crippen molar-refractivity contribution in [2.24, 2.45) is 0 Å². The Morgan fingerprint density at radius 2 is 0.865 bits per heavy atom. The molecule has 1 nitrogen and oxygen atoms in total. The standard InChI is InChI=1S/C30H40F6O/c1-3-5-7-9-11-13-15-23-17-19-27(25(21-23)29(31,32)33)37-28-20-18-24(22-26(28)30(34,35)36)16-14-12-10-8-6-4-2/h17-22H,3-16H2,1-2H3. The van der Waals surface area contributed by atoms with E-state index in [1.807, 2.05) is 0 Å². The summed E-state index contributed by atoms with van der Waals surface area (Å²) >= 11 is 0. The maximum Gasteiger partial charge on any atom is 0.419 e. The van der Waals surface area contributed by atoms with Gasteiger partial charge in [-0.2, -0.15) is 26.3 Å². The van der Waals surface area contributed by atoms with Crippen LogP contribution in [-0.2, 0) is 25.2 Å². The number of benzene rings is 2. The van der Waals surface area contributed by atoms with E-state index in [1.54, 1.807) is 0 Å². The highest BCUT2D eigenvalue weighted by Crippen LogP contribution is 2.43. The second-order valence-corrected chi connectivity index (χ2v) is 9.79. The third-order valence-electron chi connectivity index (χ3n) is 6.56. The number of unbranched alkanes of at least 4 members (excludes halogenated alkanes) is 10. The van der Waals surface area contributed by atoms with Crippen molar-refractivity contribution in [3.63, 3.8) is 0 Å². The van der Waals surface area contributed by atoms with E-state index in [1.165, 1.54) is 12.1 Å². The molecule has 2 aromatic rings. The Morgan fingerprint density at radius 1 is 0.514 bits per heavy atom. The van der Waals surface area contributed by atoms with E-state index in [2.05, 4.69) is 13.8 Å². The topological polar surface area (TPSA) is 9.23 Å². The molecular formula is C30H40F6O. The summed E-state index contributed by atoms with van der Waals surface area (Å²) in [5, 5.41) is 0. The minimum absolute atomic E-state index is 0.483. The lowest BCUT2D eigenvalue weighted by Crippen LogP contribution is -2.11. The van der Waals surface area contributed by atoms with E-state index in [9.17, 15) is 26.3 Å². The molecule has 0 bridgehead atoms. The van der Waals surface area contributed by atoms with Crippen LogP contribution in [0.15, 0.2) is 36.4 Å². The van der Waals surface area contributed by atoms with Crippen LogP contribution < -0.4 is 4.74 Å². The Morgan fingerprint density at radius 3 is 1.22 bits per heavy atom. The Hall–Kier alpha value is -2.18. The van der Waals surface area contributed by atoms with E-state index in [0.29, 0.717) is 24.0 Å². The van der Waals surface area contributed by atoms with Crippen LogP contribution in [0.25, 0.3) is 0 Å². The first-order valence-electron chi connectivity index (χ1n) is 13.6. The van der Waals surface area contributed by atoms with Gasteiger partial charge in [0.2, 0.25) is 0 Å². The van der Waals surface area contributed by atoms with Crippen LogP contribution in [0.1, 0.15) is 113 Å². The first-order valence-corrected chi connectivity index (χ1v) is 13.6. The van der Waals surface area contributed by atoms with Crippen LogP contribution in [0.2, 0.25) is 0 Å². The fraction of sp³-hybridized carbons (Fsp3) is 0.600. The summed E-state index contributed by atoms with van der Waals surface area (Å²) in [6, 6.07) is 7.30. The minimum Gasteiger partial charge on any atom is -0.456 e. The summed E-state index contributed by atoms with van der Waals surface area (Å²) < 4.78 is 88.1. The minimum atomic E-state index is -4.75. The second-order valence-electron chi connectivity index (χ2n) is 9.79. The quantitative estimate of drug-likeness (QED) is 0.155. The van der Waals surface area contributed by atoms with E-state index >= 15 is 0 Å². The highest BCUT2D eigenvalue weighted by molar-refractivity contribution is 5.46. The van der Waals surface area contributed by atoms with Gasteiger partial charge in [-0.25, -0.2) is 0 Å². The van der Waals surface area contributed by atoms with Gasteiger partial charge in [-0.05, 0) is 61.1 Å². The van der Waals surface area contributed by atoms with Gasteiger partial charge in [0.25, 0.3) is 0 Å².